The number of nitrogens with one attached hydrogen (secondary N) is 2. The molecule has 4 nitrogen and oxygen atoms in total. The number of amides is 2. The quantitative estimate of drug-likeness (QED) is 0.771. The summed E-state index contributed by atoms with van der Waals surface area (Å²) < 4.78 is 0. The maximum Gasteiger partial charge on any atom is 0.319 e. The van der Waals surface area contributed by atoms with E-state index in [4.69, 9.17) is 0 Å². The first-order chi connectivity index (χ1) is 9.65. The molecule has 2 amide bonds. The first-order valence-electron chi connectivity index (χ1n) is 7.48. The zero-order valence-corrected chi connectivity index (χ0v) is 12.1. The monoisotopic (exact) mass is 276 g/mol. The van der Waals surface area contributed by atoms with E-state index in [0.29, 0.717) is 5.69 Å². The standard InChI is InChI=1S/C16H24N2O2/c1-12(19)14-7-4-8-15(11-14)18-16(20)17-10-9-13-5-2-3-6-13/h4,7-8,11-13,19H,2-3,5-6,9-10H2,1H3,(H2,17,18,20). The van der Waals surface area contributed by atoms with Crippen LogP contribution in [0.2, 0.25) is 0 Å². The van der Waals surface area contributed by atoms with Crippen molar-refractivity contribution in [3.05, 3.63) is 29.8 Å². The molecule has 0 aliphatic heterocycles. The average molecular weight is 276 g/mol. The Morgan fingerprint density at radius 1 is 1.40 bits per heavy atom. The van der Waals surface area contributed by atoms with Crippen molar-refractivity contribution in [1.82, 2.24) is 5.32 Å². The van der Waals surface area contributed by atoms with Gasteiger partial charge < -0.3 is 15.7 Å². The van der Waals surface area contributed by atoms with Gasteiger partial charge in [0, 0.05) is 12.2 Å². The van der Waals surface area contributed by atoms with Gasteiger partial charge in [0.25, 0.3) is 0 Å². The summed E-state index contributed by atoms with van der Waals surface area (Å²) in [4.78, 5) is 11.8. The number of carbonyl (C=O) groups excluding carboxylic acids is 1. The van der Waals surface area contributed by atoms with Crippen LogP contribution >= 0.6 is 0 Å². The number of aliphatic hydroxyl groups is 1. The van der Waals surface area contributed by atoms with Crippen LogP contribution in [0.5, 0.6) is 0 Å². The molecule has 3 N–H and O–H groups in total. The molecule has 110 valence electrons. The summed E-state index contributed by atoms with van der Waals surface area (Å²) in [5.74, 6) is 0.786. The fraction of sp³-hybridized carbons (Fsp3) is 0.562. The molecule has 1 saturated carbocycles. The summed E-state index contributed by atoms with van der Waals surface area (Å²) in [6.45, 7) is 2.44. The van der Waals surface area contributed by atoms with Crippen molar-refractivity contribution in [2.24, 2.45) is 5.92 Å². The van der Waals surface area contributed by atoms with E-state index in [-0.39, 0.29) is 6.03 Å². The number of urea groups is 1. The van der Waals surface area contributed by atoms with Crippen LogP contribution < -0.4 is 10.6 Å². The van der Waals surface area contributed by atoms with Crippen molar-refractivity contribution in [2.45, 2.75) is 45.1 Å². The van der Waals surface area contributed by atoms with E-state index in [1.165, 1.54) is 25.7 Å². The molecule has 0 bridgehead atoms. The predicted octanol–water partition coefficient (Wildman–Crippen LogP) is 3.44. The number of hydrogen-bond acceptors (Lipinski definition) is 2. The van der Waals surface area contributed by atoms with E-state index in [0.717, 1.165) is 24.4 Å². The molecule has 0 spiro atoms. The number of anilines is 1. The normalized spacial score (nSPS) is 16.9. The van der Waals surface area contributed by atoms with Gasteiger partial charge in [-0.2, -0.15) is 0 Å². The third-order valence-corrected chi connectivity index (χ3v) is 3.94. The van der Waals surface area contributed by atoms with E-state index in [1.54, 1.807) is 13.0 Å². The highest BCUT2D eigenvalue weighted by molar-refractivity contribution is 5.89. The fourth-order valence-electron chi connectivity index (χ4n) is 2.74. The van der Waals surface area contributed by atoms with Crippen LogP contribution in [0.1, 0.15) is 50.7 Å². The van der Waals surface area contributed by atoms with Crippen LogP contribution in [-0.2, 0) is 0 Å². The highest BCUT2D eigenvalue weighted by atomic mass is 16.3. The third kappa shape index (κ3) is 4.53. The zero-order chi connectivity index (χ0) is 14.4. The van der Waals surface area contributed by atoms with E-state index in [9.17, 15) is 9.90 Å². The lowest BCUT2D eigenvalue weighted by Gasteiger charge is -2.12. The van der Waals surface area contributed by atoms with Gasteiger partial charge >= 0.3 is 6.03 Å². The summed E-state index contributed by atoms with van der Waals surface area (Å²) in [6.07, 6.45) is 5.83. The van der Waals surface area contributed by atoms with Gasteiger partial charge in [-0.05, 0) is 37.0 Å². The van der Waals surface area contributed by atoms with Crippen LogP contribution in [0, 0.1) is 5.92 Å². The highest BCUT2D eigenvalue weighted by Gasteiger charge is 2.14. The molecule has 1 atom stereocenters. The van der Waals surface area contributed by atoms with E-state index in [2.05, 4.69) is 10.6 Å². The van der Waals surface area contributed by atoms with Crippen LogP contribution in [0.15, 0.2) is 24.3 Å². The van der Waals surface area contributed by atoms with Crippen molar-refractivity contribution < 1.29 is 9.90 Å². The van der Waals surface area contributed by atoms with Gasteiger partial charge in [0.05, 0.1) is 6.10 Å². The molecule has 1 unspecified atom stereocenters. The Morgan fingerprint density at radius 3 is 2.85 bits per heavy atom. The Balaban J connectivity index is 1.74. The first-order valence-corrected chi connectivity index (χ1v) is 7.48. The van der Waals surface area contributed by atoms with Gasteiger partial charge in [0.1, 0.15) is 0 Å². The van der Waals surface area contributed by atoms with Crippen molar-refractivity contribution in [1.29, 1.82) is 0 Å². The van der Waals surface area contributed by atoms with Gasteiger partial charge in [0.2, 0.25) is 0 Å². The van der Waals surface area contributed by atoms with E-state index >= 15 is 0 Å². The zero-order valence-electron chi connectivity index (χ0n) is 12.1. The molecule has 1 aliphatic rings. The second-order valence-electron chi connectivity index (χ2n) is 5.62. The summed E-state index contributed by atoms with van der Waals surface area (Å²) in [7, 11) is 0. The molecule has 2 rings (SSSR count). The molecule has 1 fully saturated rings. The molecule has 0 radical (unpaired) electrons. The maximum atomic E-state index is 11.8. The minimum absolute atomic E-state index is 0.175. The van der Waals surface area contributed by atoms with Gasteiger partial charge in [0.15, 0.2) is 0 Å². The Hall–Kier alpha value is -1.55. The van der Waals surface area contributed by atoms with Crippen LogP contribution in [0.25, 0.3) is 0 Å². The summed E-state index contributed by atoms with van der Waals surface area (Å²) in [5, 5.41) is 15.2. The van der Waals surface area contributed by atoms with Crippen LogP contribution in [-0.4, -0.2) is 17.7 Å². The molecular weight excluding hydrogens is 252 g/mol. The van der Waals surface area contributed by atoms with Crippen LogP contribution in [0.3, 0.4) is 0 Å². The number of rotatable bonds is 5. The molecular formula is C16H24N2O2. The fourth-order valence-corrected chi connectivity index (χ4v) is 2.74. The Labute approximate surface area is 120 Å². The molecule has 0 heterocycles. The van der Waals surface area contributed by atoms with Gasteiger partial charge in [-0.1, -0.05) is 37.8 Å². The van der Waals surface area contributed by atoms with Gasteiger partial charge in [-0.15, -0.1) is 0 Å². The predicted molar refractivity (Wildman–Crippen MR) is 80.7 cm³/mol. The molecule has 1 aliphatic carbocycles. The molecule has 1 aromatic carbocycles. The topological polar surface area (TPSA) is 61.4 Å². The van der Waals surface area contributed by atoms with Gasteiger partial charge in [-0.3, -0.25) is 0 Å². The first kappa shape index (κ1) is 14.9. The SMILES string of the molecule is CC(O)c1cccc(NC(=O)NCCC2CCCC2)c1. The molecule has 0 aromatic heterocycles. The van der Waals surface area contributed by atoms with E-state index < -0.39 is 6.10 Å². The van der Waals surface area contributed by atoms with Crippen molar-refractivity contribution in [3.8, 4) is 0 Å². The van der Waals surface area contributed by atoms with E-state index in [1.807, 2.05) is 18.2 Å². The number of hydrogen-bond donors (Lipinski definition) is 3. The number of aliphatic hydroxyl groups excluding tert-OH is 1. The highest BCUT2D eigenvalue weighted by Crippen LogP contribution is 2.26. The summed E-state index contributed by atoms with van der Waals surface area (Å²) in [5.41, 5.74) is 1.51. The molecule has 4 heteroatoms. The summed E-state index contributed by atoms with van der Waals surface area (Å²) in [6, 6.07) is 7.11. The smallest absolute Gasteiger partial charge is 0.319 e. The third-order valence-electron chi connectivity index (χ3n) is 3.94. The Bertz CT molecular complexity index is 440. The van der Waals surface area contributed by atoms with Gasteiger partial charge in [-0.25, -0.2) is 4.79 Å². The second kappa shape index (κ2) is 7.29. The number of benzene rings is 1. The minimum Gasteiger partial charge on any atom is -0.389 e. The molecule has 1 aromatic rings. The lowest BCUT2D eigenvalue weighted by molar-refractivity contribution is 0.199. The Morgan fingerprint density at radius 2 is 2.15 bits per heavy atom. The van der Waals surface area contributed by atoms with Crippen LogP contribution in [0.4, 0.5) is 10.5 Å². The lowest BCUT2D eigenvalue weighted by atomic mass is 10.0. The second-order valence-corrected chi connectivity index (χ2v) is 5.62. The minimum atomic E-state index is -0.526. The van der Waals surface area contributed by atoms with Crippen molar-refractivity contribution in [3.63, 3.8) is 0 Å². The number of carbonyl (C=O) groups is 1. The van der Waals surface area contributed by atoms with Crippen molar-refractivity contribution in [2.75, 3.05) is 11.9 Å². The average Bonchev–Trinajstić information content (AvgIpc) is 2.92. The maximum absolute atomic E-state index is 11.8. The summed E-state index contributed by atoms with van der Waals surface area (Å²) >= 11 is 0. The Kier molecular flexibility index (Phi) is 5.41. The molecule has 20 heavy (non-hydrogen) atoms. The lowest BCUT2D eigenvalue weighted by Crippen LogP contribution is -2.30. The van der Waals surface area contributed by atoms with Crippen molar-refractivity contribution >= 4 is 11.7 Å². The molecule has 0 saturated heterocycles. The largest absolute Gasteiger partial charge is 0.389 e.